The van der Waals surface area contributed by atoms with E-state index in [0.29, 0.717) is 19.6 Å². The molecule has 1 heterocycles. The van der Waals surface area contributed by atoms with E-state index in [-0.39, 0.29) is 17.7 Å². The lowest BCUT2D eigenvalue weighted by Crippen LogP contribution is -2.44. The molecular weight excluding hydrogens is 266 g/mol. The van der Waals surface area contributed by atoms with Crippen LogP contribution in [-0.2, 0) is 20.7 Å². The number of ether oxygens (including phenoxy) is 2. The van der Waals surface area contributed by atoms with Crippen molar-refractivity contribution in [2.75, 3.05) is 13.2 Å². The molecule has 1 amide bonds. The minimum atomic E-state index is -0.349. The summed E-state index contributed by atoms with van der Waals surface area (Å²) in [7, 11) is 0. The highest BCUT2D eigenvalue weighted by molar-refractivity contribution is 5.78. The van der Waals surface area contributed by atoms with Crippen LogP contribution in [0.2, 0.25) is 0 Å². The molecule has 2 fully saturated rings. The molecule has 1 N–H and O–H groups in total. The van der Waals surface area contributed by atoms with Gasteiger partial charge in [-0.05, 0) is 25.3 Å². The SMILES string of the molecule is Cc1ccc(CC(=O)NC2CCC3(CC2)OCCO3)cc1. The molecule has 1 aliphatic heterocycles. The molecule has 2 aliphatic rings. The lowest BCUT2D eigenvalue weighted by Gasteiger charge is -2.35. The van der Waals surface area contributed by atoms with Crippen molar-refractivity contribution >= 4 is 5.91 Å². The van der Waals surface area contributed by atoms with Gasteiger partial charge in [0.25, 0.3) is 0 Å². The Kier molecular flexibility index (Phi) is 4.27. The van der Waals surface area contributed by atoms with Gasteiger partial charge in [-0.2, -0.15) is 0 Å². The van der Waals surface area contributed by atoms with E-state index in [2.05, 4.69) is 12.2 Å². The Hall–Kier alpha value is -1.39. The molecule has 0 bridgehead atoms. The first kappa shape index (κ1) is 14.5. The lowest BCUT2D eigenvalue weighted by atomic mass is 9.90. The minimum Gasteiger partial charge on any atom is -0.353 e. The average Bonchev–Trinajstić information content (AvgIpc) is 2.93. The van der Waals surface area contributed by atoms with Crippen molar-refractivity contribution in [1.82, 2.24) is 5.32 Å². The number of carbonyl (C=O) groups excluding carboxylic acids is 1. The van der Waals surface area contributed by atoms with Crippen LogP contribution in [0, 0.1) is 6.92 Å². The van der Waals surface area contributed by atoms with Gasteiger partial charge in [0, 0.05) is 18.9 Å². The molecule has 4 heteroatoms. The van der Waals surface area contributed by atoms with Crippen molar-refractivity contribution in [3.8, 4) is 0 Å². The molecule has 21 heavy (non-hydrogen) atoms. The molecule has 1 aliphatic carbocycles. The fourth-order valence-electron chi connectivity index (χ4n) is 3.16. The molecule has 0 radical (unpaired) electrons. The van der Waals surface area contributed by atoms with Gasteiger partial charge >= 0.3 is 0 Å². The van der Waals surface area contributed by atoms with E-state index in [1.165, 1.54) is 5.56 Å². The van der Waals surface area contributed by atoms with Gasteiger partial charge in [0.1, 0.15) is 0 Å². The van der Waals surface area contributed by atoms with E-state index < -0.39 is 0 Å². The third-order valence-electron chi connectivity index (χ3n) is 4.41. The van der Waals surface area contributed by atoms with Crippen molar-refractivity contribution in [3.63, 3.8) is 0 Å². The first-order valence-corrected chi connectivity index (χ1v) is 7.78. The summed E-state index contributed by atoms with van der Waals surface area (Å²) in [6.07, 6.45) is 4.07. The summed E-state index contributed by atoms with van der Waals surface area (Å²) >= 11 is 0. The fraction of sp³-hybridized carbons (Fsp3) is 0.588. The van der Waals surface area contributed by atoms with E-state index >= 15 is 0 Å². The highest BCUT2D eigenvalue weighted by Gasteiger charge is 2.40. The number of nitrogens with one attached hydrogen (secondary N) is 1. The van der Waals surface area contributed by atoms with Crippen LogP contribution in [0.1, 0.15) is 36.8 Å². The number of carbonyl (C=O) groups is 1. The first-order chi connectivity index (χ1) is 10.2. The summed E-state index contributed by atoms with van der Waals surface area (Å²) in [5.41, 5.74) is 2.28. The number of hydrogen-bond donors (Lipinski definition) is 1. The molecule has 1 aromatic carbocycles. The standard InChI is InChI=1S/C17H23NO3/c1-13-2-4-14(5-3-13)12-16(19)18-15-6-8-17(9-7-15)20-10-11-21-17/h2-5,15H,6-12H2,1H3,(H,18,19). The van der Waals surface area contributed by atoms with E-state index in [4.69, 9.17) is 9.47 Å². The lowest BCUT2D eigenvalue weighted by molar-refractivity contribution is -0.180. The Morgan fingerprint density at radius 3 is 2.43 bits per heavy atom. The Morgan fingerprint density at radius 2 is 1.81 bits per heavy atom. The largest absolute Gasteiger partial charge is 0.353 e. The van der Waals surface area contributed by atoms with Crippen LogP contribution < -0.4 is 5.32 Å². The van der Waals surface area contributed by atoms with Crippen LogP contribution in [0.5, 0.6) is 0 Å². The van der Waals surface area contributed by atoms with Crippen LogP contribution in [0.4, 0.5) is 0 Å². The van der Waals surface area contributed by atoms with Crippen LogP contribution >= 0.6 is 0 Å². The maximum Gasteiger partial charge on any atom is 0.224 e. The smallest absolute Gasteiger partial charge is 0.224 e. The molecule has 3 rings (SSSR count). The second-order valence-corrected chi connectivity index (χ2v) is 6.11. The Balaban J connectivity index is 1.46. The van der Waals surface area contributed by atoms with Crippen molar-refractivity contribution in [2.45, 2.75) is 50.9 Å². The molecule has 1 saturated heterocycles. The third-order valence-corrected chi connectivity index (χ3v) is 4.41. The van der Waals surface area contributed by atoms with Gasteiger partial charge in [0.2, 0.25) is 5.91 Å². The Morgan fingerprint density at radius 1 is 1.19 bits per heavy atom. The third kappa shape index (κ3) is 3.63. The Labute approximate surface area is 125 Å². The fourth-order valence-corrected chi connectivity index (χ4v) is 3.16. The number of amides is 1. The quantitative estimate of drug-likeness (QED) is 0.929. The molecule has 0 aromatic heterocycles. The topological polar surface area (TPSA) is 47.6 Å². The zero-order valence-electron chi connectivity index (χ0n) is 12.6. The number of hydrogen-bond acceptors (Lipinski definition) is 3. The number of benzene rings is 1. The van der Waals surface area contributed by atoms with Gasteiger partial charge in [0.05, 0.1) is 19.6 Å². The maximum absolute atomic E-state index is 12.1. The Bertz CT molecular complexity index is 481. The normalized spacial score (nSPS) is 21.6. The molecule has 0 atom stereocenters. The second kappa shape index (κ2) is 6.16. The molecule has 114 valence electrons. The van der Waals surface area contributed by atoms with Crippen LogP contribution in [0.25, 0.3) is 0 Å². The van der Waals surface area contributed by atoms with E-state index in [1.54, 1.807) is 0 Å². The summed E-state index contributed by atoms with van der Waals surface area (Å²) in [6.45, 7) is 3.45. The van der Waals surface area contributed by atoms with Gasteiger partial charge in [-0.15, -0.1) is 0 Å². The predicted octanol–water partition coefficient (Wildman–Crippen LogP) is 2.34. The van der Waals surface area contributed by atoms with Crippen LogP contribution in [0.15, 0.2) is 24.3 Å². The number of rotatable bonds is 3. The van der Waals surface area contributed by atoms with Gasteiger partial charge in [-0.1, -0.05) is 29.8 Å². The maximum atomic E-state index is 12.1. The van der Waals surface area contributed by atoms with Gasteiger partial charge in [-0.3, -0.25) is 4.79 Å². The molecule has 1 aromatic rings. The van der Waals surface area contributed by atoms with Crippen LogP contribution in [0.3, 0.4) is 0 Å². The van der Waals surface area contributed by atoms with Crippen LogP contribution in [-0.4, -0.2) is 30.9 Å². The highest BCUT2D eigenvalue weighted by Crippen LogP contribution is 2.35. The summed E-state index contributed by atoms with van der Waals surface area (Å²) in [5, 5.41) is 3.14. The van der Waals surface area contributed by atoms with E-state index in [0.717, 1.165) is 31.2 Å². The first-order valence-electron chi connectivity index (χ1n) is 7.78. The van der Waals surface area contributed by atoms with E-state index in [1.807, 2.05) is 24.3 Å². The zero-order valence-corrected chi connectivity index (χ0v) is 12.6. The summed E-state index contributed by atoms with van der Waals surface area (Å²) in [4.78, 5) is 12.1. The summed E-state index contributed by atoms with van der Waals surface area (Å²) in [6, 6.07) is 8.38. The molecule has 1 saturated carbocycles. The molecule has 0 unspecified atom stereocenters. The van der Waals surface area contributed by atoms with Crippen molar-refractivity contribution in [3.05, 3.63) is 35.4 Å². The minimum absolute atomic E-state index is 0.105. The zero-order chi connectivity index (χ0) is 14.7. The molecule has 1 spiro atoms. The van der Waals surface area contributed by atoms with Gasteiger partial charge in [-0.25, -0.2) is 0 Å². The summed E-state index contributed by atoms with van der Waals surface area (Å²) in [5.74, 6) is -0.244. The number of aryl methyl sites for hydroxylation is 1. The highest BCUT2D eigenvalue weighted by atomic mass is 16.7. The van der Waals surface area contributed by atoms with Crippen molar-refractivity contribution in [1.29, 1.82) is 0 Å². The summed E-state index contributed by atoms with van der Waals surface area (Å²) < 4.78 is 11.4. The van der Waals surface area contributed by atoms with Crippen molar-refractivity contribution in [2.24, 2.45) is 0 Å². The second-order valence-electron chi connectivity index (χ2n) is 6.11. The molecular formula is C17H23NO3. The van der Waals surface area contributed by atoms with Gasteiger partial charge in [0.15, 0.2) is 5.79 Å². The van der Waals surface area contributed by atoms with Crippen molar-refractivity contribution < 1.29 is 14.3 Å². The van der Waals surface area contributed by atoms with E-state index in [9.17, 15) is 4.79 Å². The molecule has 4 nitrogen and oxygen atoms in total. The van der Waals surface area contributed by atoms with Gasteiger partial charge < -0.3 is 14.8 Å². The average molecular weight is 289 g/mol. The predicted molar refractivity (Wildman–Crippen MR) is 79.9 cm³/mol. The monoisotopic (exact) mass is 289 g/mol.